The van der Waals surface area contributed by atoms with Crippen molar-refractivity contribution in [2.24, 2.45) is 0 Å². The molecule has 9 aromatic carbocycles. The number of benzene rings is 9. The van der Waals surface area contributed by atoms with E-state index in [1.165, 1.54) is 92.8 Å². The summed E-state index contributed by atoms with van der Waals surface area (Å²) in [6, 6.07) is 59.7. The maximum atomic E-state index is 5.00. The standard InChI is InChI=1S/2C21H21N3.C20H19N3.CH4/c1-14-7-10-19-18(13-14)20(23-12-11-22-2)17-9-8-15-5-3-4-6-16(15)21(17)24-19;1-14-7-9-17-19(13-14)24-21-16-6-4-3-5-15(16)8-10-18(21)20(17)23-12-11-22-2;1-21-12-13-22-19-16-8-4-5-9-18(16)23-20-15-7-3-2-6-14(15)10-11-17(19)20;/h2*3-10,13,22H,11-12H2,1-2H3,(H,23,24);2-11,21H,12-13H2,1H3,(H,22,23);1H4. The number of anilines is 3. The molecule has 0 spiro atoms. The summed E-state index contributed by atoms with van der Waals surface area (Å²) in [4.78, 5) is 14.9. The van der Waals surface area contributed by atoms with Gasteiger partial charge in [-0.2, -0.15) is 0 Å². The van der Waals surface area contributed by atoms with Crippen LogP contribution in [0.2, 0.25) is 0 Å². The Morgan fingerprint density at radius 2 is 0.653 bits per heavy atom. The first kappa shape index (κ1) is 49.0. The molecule has 0 saturated heterocycles. The van der Waals surface area contributed by atoms with Gasteiger partial charge < -0.3 is 31.9 Å². The van der Waals surface area contributed by atoms with E-state index in [1.54, 1.807) is 0 Å². The lowest BCUT2D eigenvalue weighted by Crippen LogP contribution is -2.18. The quantitative estimate of drug-likeness (QED) is 0.0405. The third-order valence-electron chi connectivity index (χ3n) is 13.3. The van der Waals surface area contributed by atoms with E-state index in [2.05, 4.69) is 210 Å². The van der Waals surface area contributed by atoms with Crippen molar-refractivity contribution in [3.05, 3.63) is 181 Å². The lowest BCUT2D eigenvalue weighted by Gasteiger charge is -2.15. The van der Waals surface area contributed by atoms with Crippen LogP contribution in [0.1, 0.15) is 18.6 Å². The zero-order chi connectivity index (χ0) is 48.7. The fourth-order valence-electron chi connectivity index (χ4n) is 9.71. The number of nitrogens with zero attached hydrogens (tertiary/aromatic N) is 3. The van der Waals surface area contributed by atoms with Crippen molar-refractivity contribution in [2.45, 2.75) is 21.3 Å². The number of nitrogens with one attached hydrogen (secondary N) is 6. The van der Waals surface area contributed by atoms with E-state index in [4.69, 9.17) is 15.0 Å². The minimum Gasteiger partial charge on any atom is -0.383 e. The number of hydrogen-bond acceptors (Lipinski definition) is 9. The van der Waals surface area contributed by atoms with Gasteiger partial charge in [0.2, 0.25) is 0 Å². The van der Waals surface area contributed by atoms with E-state index in [1.807, 2.05) is 27.2 Å². The van der Waals surface area contributed by atoms with Crippen LogP contribution < -0.4 is 31.9 Å². The molecule has 0 radical (unpaired) electrons. The SMILES string of the molecule is C.CNCCNc1c2cc(C)ccc2nc2c1ccc1ccccc12.CNCCNc1c2ccc(C)cc2nc2c1ccc1ccccc12.CNCCNc1c2ccccc2nc2c1ccc1ccccc12. The highest BCUT2D eigenvalue weighted by Gasteiger charge is 2.14. The van der Waals surface area contributed by atoms with Gasteiger partial charge in [-0.25, -0.2) is 15.0 Å². The van der Waals surface area contributed by atoms with Crippen LogP contribution in [0.4, 0.5) is 17.1 Å². The van der Waals surface area contributed by atoms with Gasteiger partial charge in [0.25, 0.3) is 0 Å². The monoisotopic (exact) mass is 948 g/mol. The molecule has 3 aromatic heterocycles. The molecule has 0 amide bonds. The number of aryl methyl sites for hydroxylation is 2. The molecule has 0 atom stereocenters. The summed E-state index contributed by atoms with van der Waals surface area (Å²) >= 11 is 0. The molecular formula is C63H65N9. The Morgan fingerprint density at radius 3 is 1.12 bits per heavy atom. The van der Waals surface area contributed by atoms with Gasteiger partial charge in [-0.15, -0.1) is 0 Å². The van der Waals surface area contributed by atoms with Gasteiger partial charge in [-0.3, -0.25) is 0 Å². The summed E-state index contributed by atoms with van der Waals surface area (Å²) in [6.07, 6.45) is 0. The molecule has 72 heavy (non-hydrogen) atoms. The Morgan fingerprint density at radius 1 is 0.306 bits per heavy atom. The predicted molar refractivity (Wildman–Crippen MR) is 314 cm³/mol. The van der Waals surface area contributed by atoms with E-state index in [-0.39, 0.29) is 7.43 Å². The van der Waals surface area contributed by atoms with Gasteiger partial charge >= 0.3 is 0 Å². The van der Waals surface area contributed by atoms with Gasteiger partial charge in [-0.05, 0) is 81.0 Å². The summed E-state index contributed by atoms with van der Waals surface area (Å²) < 4.78 is 0. The molecule has 0 bridgehead atoms. The van der Waals surface area contributed by atoms with Crippen LogP contribution >= 0.6 is 0 Å². The largest absolute Gasteiger partial charge is 0.383 e. The average molecular weight is 948 g/mol. The number of likely N-dealkylation sites (N-methyl/N-ethyl adjacent to an activating group) is 3. The first-order valence-electron chi connectivity index (χ1n) is 24.7. The average Bonchev–Trinajstić information content (AvgIpc) is 3.40. The topological polar surface area (TPSA) is 111 Å². The molecule has 6 N–H and O–H groups in total. The molecule has 9 heteroatoms. The predicted octanol–water partition coefficient (Wildman–Crippen LogP) is 13.8. The lowest BCUT2D eigenvalue weighted by atomic mass is 10.0. The Bertz CT molecular complexity index is 3870. The fraction of sp³-hybridized carbons (Fsp3) is 0.190. The van der Waals surface area contributed by atoms with Crippen molar-refractivity contribution in [1.29, 1.82) is 0 Å². The van der Waals surface area contributed by atoms with Crippen LogP contribution in [-0.4, -0.2) is 75.4 Å². The number of rotatable bonds is 12. The number of aromatic nitrogens is 3. The molecule has 0 aliphatic carbocycles. The molecule has 12 aromatic rings. The molecule has 12 rings (SSSR count). The van der Waals surface area contributed by atoms with Crippen molar-refractivity contribution in [3.63, 3.8) is 0 Å². The van der Waals surface area contributed by atoms with Crippen molar-refractivity contribution in [3.8, 4) is 0 Å². The number of fused-ring (bicyclic) bond motifs is 12. The Labute approximate surface area is 422 Å². The van der Waals surface area contributed by atoms with Gasteiger partial charge in [-0.1, -0.05) is 159 Å². The highest BCUT2D eigenvalue weighted by Crippen LogP contribution is 2.38. The normalized spacial score (nSPS) is 11.2. The highest BCUT2D eigenvalue weighted by molar-refractivity contribution is 6.18. The number of hydrogen-bond donors (Lipinski definition) is 6. The van der Waals surface area contributed by atoms with E-state index in [0.29, 0.717) is 0 Å². The summed E-state index contributed by atoms with van der Waals surface area (Å²) in [5.41, 5.74) is 12.3. The van der Waals surface area contributed by atoms with Gasteiger partial charge in [0.15, 0.2) is 0 Å². The maximum Gasteiger partial charge on any atom is 0.0808 e. The van der Waals surface area contributed by atoms with Crippen LogP contribution in [0, 0.1) is 13.8 Å². The van der Waals surface area contributed by atoms with Crippen molar-refractivity contribution in [1.82, 2.24) is 30.9 Å². The van der Waals surface area contributed by atoms with Crippen molar-refractivity contribution >= 4 is 115 Å². The van der Waals surface area contributed by atoms with Crippen LogP contribution in [0.5, 0.6) is 0 Å². The van der Waals surface area contributed by atoms with Crippen LogP contribution in [0.3, 0.4) is 0 Å². The Hall–Kier alpha value is -7.95. The van der Waals surface area contributed by atoms with Crippen molar-refractivity contribution in [2.75, 3.05) is 76.4 Å². The third kappa shape index (κ3) is 10.0. The van der Waals surface area contributed by atoms with Crippen LogP contribution in [0.25, 0.3) is 97.7 Å². The molecule has 0 aliphatic heterocycles. The number of para-hydroxylation sites is 1. The Balaban J connectivity index is 0.000000132. The Kier molecular flexibility index (Phi) is 15.3. The van der Waals surface area contributed by atoms with E-state index >= 15 is 0 Å². The zero-order valence-corrected chi connectivity index (χ0v) is 41.3. The summed E-state index contributed by atoms with van der Waals surface area (Å²) in [6.45, 7) is 9.65. The van der Waals surface area contributed by atoms with E-state index in [9.17, 15) is 0 Å². The van der Waals surface area contributed by atoms with Crippen LogP contribution in [-0.2, 0) is 0 Å². The minimum absolute atomic E-state index is 0. The molecule has 3 heterocycles. The molecule has 9 nitrogen and oxygen atoms in total. The first-order valence-corrected chi connectivity index (χ1v) is 24.7. The van der Waals surface area contributed by atoms with Gasteiger partial charge in [0.1, 0.15) is 0 Å². The van der Waals surface area contributed by atoms with E-state index in [0.717, 1.165) is 72.4 Å². The summed E-state index contributed by atoms with van der Waals surface area (Å²) in [5, 5.41) is 34.8. The zero-order valence-electron chi connectivity index (χ0n) is 41.3. The van der Waals surface area contributed by atoms with E-state index < -0.39 is 0 Å². The molecule has 0 unspecified atom stereocenters. The second kappa shape index (κ2) is 22.4. The lowest BCUT2D eigenvalue weighted by molar-refractivity contribution is 0.825. The second-order valence-corrected chi connectivity index (χ2v) is 18.2. The van der Waals surface area contributed by atoms with Gasteiger partial charge in [0, 0.05) is 87.7 Å². The molecule has 0 aliphatic rings. The molecule has 0 fully saturated rings. The second-order valence-electron chi connectivity index (χ2n) is 18.2. The van der Waals surface area contributed by atoms with Crippen LogP contribution in [0.15, 0.2) is 170 Å². The highest BCUT2D eigenvalue weighted by atomic mass is 15.0. The fourth-order valence-corrected chi connectivity index (χ4v) is 9.71. The number of pyridine rings is 3. The summed E-state index contributed by atoms with van der Waals surface area (Å²) in [5.74, 6) is 0. The minimum atomic E-state index is 0. The maximum absolute atomic E-state index is 5.00. The van der Waals surface area contributed by atoms with Crippen molar-refractivity contribution < 1.29 is 0 Å². The molecular weight excluding hydrogens is 883 g/mol. The van der Waals surface area contributed by atoms with Gasteiger partial charge in [0.05, 0.1) is 50.2 Å². The first-order chi connectivity index (χ1) is 34.9. The third-order valence-corrected chi connectivity index (χ3v) is 13.3. The molecule has 0 saturated carbocycles. The molecule has 362 valence electrons. The summed E-state index contributed by atoms with van der Waals surface area (Å²) in [7, 11) is 5.92. The smallest absolute Gasteiger partial charge is 0.0808 e.